The summed E-state index contributed by atoms with van der Waals surface area (Å²) < 4.78 is 0. The standard InChI is InChI=1S/C9H17N3O/c1-2-3-4-7-10-8-5-6-9(13)12-11-8/h2-7H2,1H3,(H,10,11)(H,12,13). The summed E-state index contributed by atoms with van der Waals surface area (Å²) in [6.07, 6.45) is 4.88. The van der Waals surface area contributed by atoms with Gasteiger partial charge in [-0.1, -0.05) is 19.8 Å². The Balaban J connectivity index is 2.16. The maximum atomic E-state index is 10.8. The van der Waals surface area contributed by atoms with Crippen molar-refractivity contribution in [2.75, 3.05) is 6.54 Å². The number of hydrogen-bond acceptors (Lipinski definition) is 2. The zero-order chi connectivity index (χ0) is 9.52. The summed E-state index contributed by atoms with van der Waals surface area (Å²) in [5.41, 5.74) is 5.35. The molecule has 0 spiro atoms. The SMILES string of the molecule is CCCCCN=C1CCC(=O)NN1. The molecule has 0 atom stereocenters. The third-order valence-electron chi connectivity index (χ3n) is 2.00. The third-order valence-corrected chi connectivity index (χ3v) is 2.00. The number of aliphatic imine (C=N–C) groups is 1. The molecular weight excluding hydrogens is 166 g/mol. The first-order valence-electron chi connectivity index (χ1n) is 4.91. The highest BCUT2D eigenvalue weighted by molar-refractivity contribution is 5.92. The molecule has 74 valence electrons. The normalized spacial score (nSPS) is 19.8. The van der Waals surface area contributed by atoms with Crippen molar-refractivity contribution in [2.24, 2.45) is 4.99 Å². The molecule has 4 nitrogen and oxygen atoms in total. The van der Waals surface area contributed by atoms with Crippen LogP contribution in [0.15, 0.2) is 4.99 Å². The fourth-order valence-electron chi connectivity index (χ4n) is 1.19. The van der Waals surface area contributed by atoms with Gasteiger partial charge in [0.2, 0.25) is 5.91 Å². The quantitative estimate of drug-likeness (QED) is 0.639. The third kappa shape index (κ3) is 3.92. The first kappa shape index (κ1) is 10.0. The Kier molecular flexibility index (Phi) is 4.29. The number of hydrogen-bond donors (Lipinski definition) is 2. The van der Waals surface area contributed by atoms with Crippen LogP contribution < -0.4 is 10.9 Å². The van der Waals surface area contributed by atoms with Gasteiger partial charge in [-0.05, 0) is 6.42 Å². The van der Waals surface area contributed by atoms with E-state index >= 15 is 0 Å². The number of amides is 1. The predicted molar refractivity (Wildman–Crippen MR) is 52.3 cm³/mol. The van der Waals surface area contributed by atoms with Crippen molar-refractivity contribution in [1.82, 2.24) is 10.9 Å². The van der Waals surface area contributed by atoms with Crippen LogP contribution in [0.25, 0.3) is 0 Å². The Morgan fingerprint density at radius 2 is 2.15 bits per heavy atom. The van der Waals surface area contributed by atoms with Gasteiger partial charge in [0.1, 0.15) is 5.84 Å². The van der Waals surface area contributed by atoms with Gasteiger partial charge in [-0.3, -0.25) is 20.6 Å². The van der Waals surface area contributed by atoms with Gasteiger partial charge in [0.15, 0.2) is 0 Å². The van der Waals surface area contributed by atoms with Gasteiger partial charge in [-0.2, -0.15) is 0 Å². The number of amidine groups is 1. The summed E-state index contributed by atoms with van der Waals surface area (Å²) in [4.78, 5) is 15.1. The van der Waals surface area contributed by atoms with Gasteiger partial charge in [0, 0.05) is 19.4 Å². The molecule has 1 heterocycles. The van der Waals surface area contributed by atoms with Gasteiger partial charge in [0.25, 0.3) is 0 Å². The molecule has 1 aliphatic rings. The molecule has 0 radical (unpaired) electrons. The van der Waals surface area contributed by atoms with E-state index in [0.29, 0.717) is 6.42 Å². The minimum atomic E-state index is 0.0486. The molecule has 1 rings (SSSR count). The Morgan fingerprint density at radius 3 is 2.77 bits per heavy atom. The van der Waals surface area contributed by atoms with E-state index in [0.717, 1.165) is 25.2 Å². The van der Waals surface area contributed by atoms with Crippen molar-refractivity contribution in [3.63, 3.8) is 0 Å². The molecule has 0 unspecified atom stereocenters. The van der Waals surface area contributed by atoms with E-state index in [1.54, 1.807) is 0 Å². The molecule has 1 saturated heterocycles. The maximum Gasteiger partial charge on any atom is 0.238 e. The first-order chi connectivity index (χ1) is 6.33. The lowest BCUT2D eigenvalue weighted by Crippen LogP contribution is -2.46. The molecule has 4 heteroatoms. The minimum absolute atomic E-state index is 0.0486. The van der Waals surface area contributed by atoms with E-state index in [4.69, 9.17) is 0 Å². The Hall–Kier alpha value is -1.06. The summed E-state index contributed by atoms with van der Waals surface area (Å²) >= 11 is 0. The number of hydrazine groups is 1. The largest absolute Gasteiger partial charge is 0.286 e. The monoisotopic (exact) mass is 183 g/mol. The molecule has 0 aromatic rings. The summed E-state index contributed by atoms with van der Waals surface area (Å²) in [5, 5.41) is 0. The number of carbonyl (C=O) groups excluding carboxylic acids is 1. The van der Waals surface area contributed by atoms with Gasteiger partial charge >= 0.3 is 0 Å². The van der Waals surface area contributed by atoms with Crippen molar-refractivity contribution < 1.29 is 4.79 Å². The van der Waals surface area contributed by atoms with Crippen molar-refractivity contribution in [2.45, 2.75) is 39.0 Å². The average Bonchev–Trinajstić information content (AvgIpc) is 2.15. The predicted octanol–water partition coefficient (Wildman–Crippen LogP) is 0.990. The minimum Gasteiger partial charge on any atom is -0.286 e. The van der Waals surface area contributed by atoms with Crippen LogP contribution in [0.2, 0.25) is 0 Å². The molecule has 0 aromatic carbocycles. The van der Waals surface area contributed by atoms with Crippen molar-refractivity contribution in [1.29, 1.82) is 0 Å². The number of unbranched alkanes of at least 4 members (excludes halogenated alkanes) is 2. The molecule has 13 heavy (non-hydrogen) atoms. The smallest absolute Gasteiger partial charge is 0.238 e. The van der Waals surface area contributed by atoms with E-state index < -0.39 is 0 Å². The summed E-state index contributed by atoms with van der Waals surface area (Å²) in [7, 11) is 0. The van der Waals surface area contributed by atoms with Crippen LogP contribution in [0, 0.1) is 0 Å². The number of nitrogens with zero attached hydrogens (tertiary/aromatic N) is 1. The highest BCUT2D eigenvalue weighted by Crippen LogP contribution is 1.98. The van der Waals surface area contributed by atoms with Gasteiger partial charge in [-0.15, -0.1) is 0 Å². The lowest BCUT2D eigenvalue weighted by molar-refractivity contribution is -0.122. The number of rotatable bonds is 4. The fraction of sp³-hybridized carbons (Fsp3) is 0.778. The van der Waals surface area contributed by atoms with Gasteiger partial charge in [-0.25, -0.2) is 0 Å². The molecule has 0 bridgehead atoms. The van der Waals surface area contributed by atoms with Crippen LogP contribution in [-0.4, -0.2) is 18.3 Å². The molecular formula is C9H17N3O. The van der Waals surface area contributed by atoms with Crippen LogP contribution >= 0.6 is 0 Å². The maximum absolute atomic E-state index is 10.8. The van der Waals surface area contributed by atoms with E-state index in [9.17, 15) is 4.79 Å². The first-order valence-corrected chi connectivity index (χ1v) is 4.91. The van der Waals surface area contributed by atoms with Gasteiger partial charge < -0.3 is 0 Å². The summed E-state index contributed by atoms with van der Waals surface area (Å²) in [6, 6.07) is 0. The van der Waals surface area contributed by atoms with Crippen LogP contribution in [0.1, 0.15) is 39.0 Å². The molecule has 0 saturated carbocycles. The summed E-state index contributed by atoms with van der Waals surface area (Å²) in [6.45, 7) is 3.04. The van der Waals surface area contributed by atoms with Crippen molar-refractivity contribution in [3.8, 4) is 0 Å². The number of nitrogens with one attached hydrogen (secondary N) is 2. The van der Waals surface area contributed by atoms with Crippen LogP contribution in [0.5, 0.6) is 0 Å². The molecule has 1 fully saturated rings. The van der Waals surface area contributed by atoms with Crippen LogP contribution in [-0.2, 0) is 4.79 Å². The lowest BCUT2D eigenvalue weighted by Gasteiger charge is -2.16. The fourth-order valence-corrected chi connectivity index (χ4v) is 1.19. The van der Waals surface area contributed by atoms with Crippen molar-refractivity contribution >= 4 is 11.7 Å². The second-order valence-corrected chi connectivity index (χ2v) is 3.21. The van der Waals surface area contributed by atoms with E-state index in [1.165, 1.54) is 12.8 Å². The highest BCUT2D eigenvalue weighted by atomic mass is 16.2. The van der Waals surface area contributed by atoms with Crippen LogP contribution in [0.4, 0.5) is 0 Å². The second-order valence-electron chi connectivity index (χ2n) is 3.21. The Morgan fingerprint density at radius 1 is 1.31 bits per heavy atom. The highest BCUT2D eigenvalue weighted by Gasteiger charge is 2.10. The number of carbonyl (C=O) groups is 1. The average molecular weight is 183 g/mol. The van der Waals surface area contributed by atoms with E-state index in [1.807, 2.05) is 0 Å². The van der Waals surface area contributed by atoms with Gasteiger partial charge in [0.05, 0.1) is 0 Å². The Labute approximate surface area is 78.8 Å². The van der Waals surface area contributed by atoms with Crippen molar-refractivity contribution in [3.05, 3.63) is 0 Å². The van der Waals surface area contributed by atoms with E-state index in [-0.39, 0.29) is 5.91 Å². The molecule has 0 aliphatic carbocycles. The zero-order valence-corrected chi connectivity index (χ0v) is 8.10. The van der Waals surface area contributed by atoms with Crippen LogP contribution in [0.3, 0.4) is 0 Å². The topological polar surface area (TPSA) is 53.5 Å². The second kappa shape index (κ2) is 5.56. The van der Waals surface area contributed by atoms with E-state index in [2.05, 4.69) is 22.8 Å². The summed E-state index contributed by atoms with van der Waals surface area (Å²) in [5.74, 6) is 0.961. The molecule has 1 aliphatic heterocycles. The molecule has 0 aromatic heterocycles. The Bertz CT molecular complexity index is 189. The zero-order valence-electron chi connectivity index (χ0n) is 8.10. The molecule has 2 N–H and O–H groups in total. The lowest BCUT2D eigenvalue weighted by atomic mass is 10.2. The molecule has 1 amide bonds.